The Balaban J connectivity index is 2.27. The molecule has 3 unspecified atom stereocenters. The Labute approximate surface area is 130 Å². The number of rotatable bonds is 2. The molecule has 0 radical (unpaired) electrons. The van der Waals surface area contributed by atoms with Crippen LogP contribution < -0.4 is 5.14 Å². The van der Waals surface area contributed by atoms with Crippen LogP contribution in [0, 0.1) is 22.6 Å². The number of aliphatic hydroxyl groups is 1. The van der Waals surface area contributed by atoms with Crippen LogP contribution in [0.1, 0.15) is 45.6 Å². The summed E-state index contributed by atoms with van der Waals surface area (Å²) in [7, 11) is -4.03. The summed E-state index contributed by atoms with van der Waals surface area (Å²) in [5.74, 6) is -0.292. The zero-order chi connectivity index (χ0) is 16.6. The summed E-state index contributed by atoms with van der Waals surface area (Å²) in [5, 5.41) is 16.7. The number of halogens is 1. The fourth-order valence-corrected chi connectivity index (χ4v) is 5.55. The molecular weight excluding hydrogens is 305 g/mol. The SMILES string of the molecule is CC1(C)C2CCC1(C)C(O)(c1cc(F)ccc1S(N)(=O)=O)C2. The molecule has 6 heteroatoms. The highest BCUT2D eigenvalue weighted by Crippen LogP contribution is 2.72. The van der Waals surface area contributed by atoms with Crippen molar-refractivity contribution in [3.05, 3.63) is 29.6 Å². The molecule has 2 aliphatic carbocycles. The molecule has 1 aromatic carbocycles. The molecule has 22 heavy (non-hydrogen) atoms. The summed E-state index contributed by atoms with van der Waals surface area (Å²) in [6.45, 7) is 6.16. The average Bonchev–Trinajstić information content (AvgIpc) is 2.69. The Morgan fingerprint density at radius 2 is 1.95 bits per heavy atom. The standard InChI is InChI=1S/C16H22FNO3S/c1-14(2)10-6-7-15(14,3)16(19,9-10)12-8-11(17)4-5-13(12)22(18,20)21/h4-5,8,10,19H,6-7,9H2,1-3H3,(H2,18,20,21). The lowest BCUT2D eigenvalue weighted by atomic mass is 9.62. The quantitative estimate of drug-likeness (QED) is 0.876. The zero-order valence-corrected chi connectivity index (χ0v) is 13.9. The molecule has 3 N–H and O–H groups in total. The Morgan fingerprint density at radius 3 is 2.41 bits per heavy atom. The molecule has 0 saturated heterocycles. The first-order valence-electron chi connectivity index (χ1n) is 7.49. The van der Waals surface area contributed by atoms with Crippen molar-refractivity contribution in [2.75, 3.05) is 0 Å². The van der Waals surface area contributed by atoms with Crippen molar-refractivity contribution < 1.29 is 17.9 Å². The minimum atomic E-state index is -4.03. The van der Waals surface area contributed by atoms with E-state index in [4.69, 9.17) is 5.14 Å². The molecule has 0 spiro atoms. The van der Waals surface area contributed by atoms with E-state index in [9.17, 15) is 17.9 Å². The fraction of sp³-hybridized carbons (Fsp3) is 0.625. The van der Waals surface area contributed by atoms with Gasteiger partial charge in [-0.25, -0.2) is 17.9 Å². The third kappa shape index (κ3) is 1.77. The largest absolute Gasteiger partial charge is 0.385 e. The lowest BCUT2D eigenvalue weighted by molar-refractivity contribution is -0.0978. The van der Waals surface area contributed by atoms with E-state index in [2.05, 4.69) is 13.8 Å². The first-order valence-corrected chi connectivity index (χ1v) is 9.03. The van der Waals surface area contributed by atoms with E-state index in [1.807, 2.05) is 6.92 Å². The molecule has 0 aromatic heterocycles. The van der Waals surface area contributed by atoms with Gasteiger partial charge in [-0.3, -0.25) is 0 Å². The molecule has 0 amide bonds. The number of hydrogen-bond acceptors (Lipinski definition) is 3. The summed E-state index contributed by atoms with van der Waals surface area (Å²) in [5.41, 5.74) is -1.95. The number of hydrogen-bond donors (Lipinski definition) is 2. The van der Waals surface area contributed by atoms with Crippen LogP contribution in [0.3, 0.4) is 0 Å². The van der Waals surface area contributed by atoms with Crippen molar-refractivity contribution in [1.29, 1.82) is 0 Å². The van der Waals surface area contributed by atoms with Crippen LogP contribution in [0.2, 0.25) is 0 Å². The summed E-state index contributed by atoms with van der Waals surface area (Å²) >= 11 is 0. The molecule has 3 atom stereocenters. The van der Waals surface area contributed by atoms with Crippen LogP contribution in [0.5, 0.6) is 0 Å². The van der Waals surface area contributed by atoms with Crippen molar-refractivity contribution >= 4 is 10.0 Å². The van der Waals surface area contributed by atoms with Gasteiger partial charge >= 0.3 is 0 Å². The van der Waals surface area contributed by atoms with Gasteiger partial charge < -0.3 is 5.11 Å². The van der Waals surface area contributed by atoms with Crippen LogP contribution >= 0.6 is 0 Å². The summed E-state index contributed by atoms with van der Waals surface area (Å²) in [6.07, 6.45) is 2.20. The van der Waals surface area contributed by atoms with Crippen molar-refractivity contribution in [2.24, 2.45) is 21.9 Å². The van der Waals surface area contributed by atoms with Gasteiger partial charge in [-0.2, -0.15) is 0 Å². The van der Waals surface area contributed by atoms with E-state index >= 15 is 0 Å². The fourth-order valence-electron chi connectivity index (χ4n) is 4.76. The Kier molecular flexibility index (Phi) is 3.11. The summed E-state index contributed by atoms with van der Waals surface area (Å²) < 4.78 is 37.5. The molecule has 122 valence electrons. The minimum Gasteiger partial charge on any atom is -0.385 e. The van der Waals surface area contributed by atoms with Crippen molar-refractivity contribution in [2.45, 2.75) is 50.5 Å². The van der Waals surface area contributed by atoms with E-state index in [0.717, 1.165) is 31.0 Å². The lowest BCUT2D eigenvalue weighted by Crippen LogP contribution is -2.45. The first kappa shape index (κ1) is 15.9. The number of benzene rings is 1. The van der Waals surface area contributed by atoms with Crippen molar-refractivity contribution in [3.8, 4) is 0 Å². The van der Waals surface area contributed by atoms with Gasteiger partial charge in [0.2, 0.25) is 10.0 Å². The predicted molar refractivity (Wildman–Crippen MR) is 80.9 cm³/mol. The van der Waals surface area contributed by atoms with E-state index in [-0.39, 0.29) is 21.8 Å². The maximum atomic E-state index is 13.8. The van der Waals surface area contributed by atoms with Gasteiger partial charge in [-0.15, -0.1) is 0 Å². The van der Waals surface area contributed by atoms with Gasteiger partial charge in [0.1, 0.15) is 5.82 Å². The second kappa shape index (κ2) is 4.30. The van der Waals surface area contributed by atoms with Crippen LogP contribution in [-0.4, -0.2) is 13.5 Å². The summed E-state index contributed by atoms with van der Waals surface area (Å²) in [6, 6.07) is 3.34. The van der Waals surface area contributed by atoms with Gasteiger partial charge in [0.25, 0.3) is 0 Å². The van der Waals surface area contributed by atoms with E-state index in [1.54, 1.807) is 0 Å². The third-order valence-corrected chi connectivity index (χ3v) is 7.55. The smallest absolute Gasteiger partial charge is 0.238 e. The van der Waals surface area contributed by atoms with E-state index in [0.29, 0.717) is 6.42 Å². The molecule has 2 fully saturated rings. The molecular formula is C16H22FNO3S. The van der Waals surface area contributed by atoms with Gasteiger partial charge in [-0.05, 0) is 48.8 Å². The second-order valence-corrected chi connectivity index (χ2v) is 9.07. The van der Waals surface area contributed by atoms with E-state index < -0.39 is 26.9 Å². The van der Waals surface area contributed by atoms with Gasteiger partial charge in [-0.1, -0.05) is 20.8 Å². The Morgan fingerprint density at radius 1 is 1.32 bits per heavy atom. The molecule has 3 rings (SSSR count). The van der Waals surface area contributed by atoms with Crippen LogP contribution in [0.4, 0.5) is 4.39 Å². The molecule has 1 aromatic rings. The number of fused-ring (bicyclic) bond motifs is 2. The molecule has 2 saturated carbocycles. The normalized spacial score (nSPS) is 36.7. The number of nitrogens with two attached hydrogens (primary N) is 1. The predicted octanol–water partition coefficient (Wildman–Crippen LogP) is 2.51. The second-order valence-electron chi connectivity index (χ2n) is 7.54. The number of primary sulfonamides is 1. The zero-order valence-electron chi connectivity index (χ0n) is 13.1. The Hall–Kier alpha value is -0.980. The maximum absolute atomic E-state index is 13.8. The Bertz CT molecular complexity index is 746. The highest BCUT2D eigenvalue weighted by molar-refractivity contribution is 7.89. The molecule has 0 aliphatic heterocycles. The van der Waals surface area contributed by atoms with E-state index in [1.165, 1.54) is 0 Å². The van der Waals surface area contributed by atoms with Crippen LogP contribution in [0.25, 0.3) is 0 Å². The molecule has 2 aliphatic rings. The maximum Gasteiger partial charge on any atom is 0.238 e. The highest BCUT2D eigenvalue weighted by atomic mass is 32.2. The van der Waals surface area contributed by atoms with Crippen LogP contribution in [0.15, 0.2) is 23.1 Å². The van der Waals surface area contributed by atoms with Crippen molar-refractivity contribution in [1.82, 2.24) is 0 Å². The monoisotopic (exact) mass is 327 g/mol. The topological polar surface area (TPSA) is 80.4 Å². The number of sulfonamides is 1. The first-order chi connectivity index (χ1) is 9.93. The van der Waals surface area contributed by atoms with Gasteiger partial charge in [0.15, 0.2) is 0 Å². The summed E-state index contributed by atoms with van der Waals surface area (Å²) in [4.78, 5) is -0.180. The minimum absolute atomic E-state index is 0.104. The molecule has 0 heterocycles. The highest BCUT2D eigenvalue weighted by Gasteiger charge is 2.69. The van der Waals surface area contributed by atoms with Gasteiger partial charge in [0, 0.05) is 11.0 Å². The molecule has 4 nitrogen and oxygen atoms in total. The average molecular weight is 327 g/mol. The molecule has 2 bridgehead atoms. The van der Waals surface area contributed by atoms with Crippen LogP contribution in [-0.2, 0) is 15.6 Å². The lowest BCUT2D eigenvalue weighted by Gasteiger charge is -2.46. The third-order valence-electron chi connectivity index (χ3n) is 6.58. The van der Waals surface area contributed by atoms with Gasteiger partial charge in [0.05, 0.1) is 10.5 Å². The van der Waals surface area contributed by atoms with Crippen molar-refractivity contribution in [3.63, 3.8) is 0 Å².